The van der Waals surface area contributed by atoms with Crippen molar-refractivity contribution < 1.29 is 8.42 Å². The molecule has 1 heterocycles. The molecule has 90 valence electrons. The average molecular weight is 264 g/mol. The van der Waals surface area contributed by atoms with Crippen LogP contribution in [0.1, 0.15) is 38.6 Å². The highest BCUT2D eigenvalue weighted by Gasteiger charge is 2.29. The molecule has 0 aliphatic heterocycles. The number of aromatic nitrogens is 3. The number of rotatable bonds is 4. The van der Waals surface area contributed by atoms with Crippen LogP contribution in [0.25, 0.3) is 0 Å². The van der Waals surface area contributed by atoms with Gasteiger partial charge in [0.25, 0.3) is 14.2 Å². The topological polar surface area (TPSA) is 64.8 Å². The van der Waals surface area contributed by atoms with Crippen LogP contribution in [0.3, 0.4) is 0 Å². The van der Waals surface area contributed by atoms with E-state index in [1.807, 2.05) is 13.8 Å². The van der Waals surface area contributed by atoms with Gasteiger partial charge < -0.3 is 0 Å². The Hall–Kier alpha value is -0.620. The first kappa shape index (κ1) is 11.9. The van der Waals surface area contributed by atoms with Gasteiger partial charge >= 0.3 is 0 Å². The second-order valence-electron chi connectivity index (χ2n) is 4.45. The molecule has 1 aliphatic carbocycles. The lowest BCUT2D eigenvalue weighted by molar-refractivity contribution is 0.503. The van der Waals surface area contributed by atoms with Crippen LogP contribution < -0.4 is 0 Å². The molecule has 0 N–H and O–H groups in total. The standard InChI is InChI=1S/C9H14ClN3O2S/c1-6(2)13-8(5-7-3-4-7)11-12-9(13)16(10,14)15/h6-7H,3-5H2,1-2H3. The van der Waals surface area contributed by atoms with E-state index in [2.05, 4.69) is 10.2 Å². The molecule has 1 fully saturated rings. The summed E-state index contributed by atoms with van der Waals surface area (Å²) in [6.45, 7) is 3.79. The third-order valence-electron chi connectivity index (χ3n) is 2.64. The minimum absolute atomic E-state index is 0.00715. The molecule has 5 nitrogen and oxygen atoms in total. The predicted octanol–water partition coefficient (Wildman–Crippen LogP) is 1.74. The van der Waals surface area contributed by atoms with Gasteiger partial charge in [0.2, 0.25) is 0 Å². The van der Waals surface area contributed by atoms with E-state index in [0.29, 0.717) is 5.92 Å². The molecule has 1 saturated carbocycles. The molecule has 0 atom stereocenters. The number of halogens is 1. The van der Waals surface area contributed by atoms with Gasteiger partial charge in [0.1, 0.15) is 5.82 Å². The van der Waals surface area contributed by atoms with Crippen LogP contribution in [0.2, 0.25) is 0 Å². The zero-order valence-corrected chi connectivity index (χ0v) is 10.8. The fraction of sp³-hybridized carbons (Fsp3) is 0.778. The Labute approximate surface area is 99.2 Å². The molecule has 2 rings (SSSR count). The molecule has 1 aromatic heterocycles. The molecule has 1 aromatic rings. The summed E-state index contributed by atoms with van der Waals surface area (Å²) in [5.41, 5.74) is 0. The maximum absolute atomic E-state index is 11.3. The van der Waals surface area contributed by atoms with Crippen molar-refractivity contribution in [3.05, 3.63) is 5.82 Å². The highest BCUT2D eigenvalue weighted by molar-refractivity contribution is 8.13. The quantitative estimate of drug-likeness (QED) is 0.776. The summed E-state index contributed by atoms with van der Waals surface area (Å²) < 4.78 is 24.2. The molecule has 7 heteroatoms. The largest absolute Gasteiger partial charge is 0.298 e. The molecule has 0 saturated heterocycles. The first-order valence-corrected chi connectivity index (χ1v) is 7.59. The fourth-order valence-electron chi connectivity index (χ4n) is 1.71. The molecule has 0 radical (unpaired) electrons. The van der Waals surface area contributed by atoms with Crippen LogP contribution in [0.15, 0.2) is 5.16 Å². The lowest BCUT2D eigenvalue weighted by Gasteiger charge is -2.11. The van der Waals surface area contributed by atoms with Crippen LogP contribution in [-0.4, -0.2) is 23.2 Å². The van der Waals surface area contributed by atoms with Gasteiger partial charge in [-0.3, -0.25) is 4.57 Å². The SMILES string of the molecule is CC(C)n1c(CC2CC2)nnc1S(=O)(=O)Cl. The van der Waals surface area contributed by atoms with Crippen molar-refractivity contribution in [1.82, 2.24) is 14.8 Å². The van der Waals surface area contributed by atoms with Gasteiger partial charge in [-0.15, -0.1) is 10.2 Å². The second kappa shape index (κ2) is 4.00. The van der Waals surface area contributed by atoms with Gasteiger partial charge in [0.15, 0.2) is 0 Å². The van der Waals surface area contributed by atoms with Gasteiger partial charge in [-0.05, 0) is 32.6 Å². The molecule has 0 bridgehead atoms. The van der Waals surface area contributed by atoms with E-state index in [0.717, 1.165) is 12.2 Å². The number of hydrogen-bond donors (Lipinski definition) is 0. The van der Waals surface area contributed by atoms with Gasteiger partial charge in [-0.2, -0.15) is 0 Å². The fourth-order valence-corrected chi connectivity index (χ4v) is 2.72. The summed E-state index contributed by atoms with van der Waals surface area (Å²) in [5.74, 6) is 1.35. The molecule has 0 amide bonds. The van der Waals surface area contributed by atoms with Crippen molar-refractivity contribution in [3.8, 4) is 0 Å². The van der Waals surface area contributed by atoms with Crippen molar-refractivity contribution in [2.24, 2.45) is 5.92 Å². The van der Waals surface area contributed by atoms with Crippen molar-refractivity contribution in [2.45, 2.75) is 44.3 Å². The van der Waals surface area contributed by atoms with Crippen LogP contribution in [0, 0.1) is 5.92 Å². The van der Waals surface area contributed by atoms with Crippen LogP contribution in [-0.2, 0) is 15.5 Å². The van der Waals surface area contributed by atoms with E-state index in [9.17, 15) is 8.42 Å². The zero-order valence-electron chi connectivity index (χ0n) is 9.22. The summed E-state index contributed by atoms with van der Waals surface area (Å²) in [5, 5.41) is 7.48. The van der Waals surface area contributed by atoms with Crippen molar-refractivity contribution in [1.29, 1.82) is 0 Å². The van der Waals surface area contributed by atoms with Crippen LogP contribution in [0.4, 0.5) is 0 Å². The zero-order chi connectivity index (χ0) is 11.9. The highest BCUT2D eigenvalue weighted by atomic mass is 35.7. The lowest BCUT2D eigenvalue weighted by Crippen LogP contribution is -2.12. The Morgan fingerprint density at radius 2 is 2.06 bits per heavy atom. The van der Waals surface area contributed by atoms with Crippen LogP contribution >= 0.6 is 10.7 Å². The van der Waals surface area contributed by atoms with Crippen molar-refractivity contribution in [3.63, 3.8) is 0 Å². The van der Waals surface area contributed by atoms with E-state index in [-0.39, 0.29) is 11.2 Å². The summed E-state index contributed by atoms with van der Waals surface area (Å²) in [4.78, 5) is 0. The number of hydrogen-bond acceptors (Lipinski definition) is 4. The van der Waals surface area contributed by atoms with E-state index in [1.165, 1.54) is 12.8 Å². The molecule has 0 unspecified atom stereocenters. The van der Waals surface area contributed by atoms with Gasteiger partial charge in [-0.1, -0.05) is 0 Å². The Kier molecular flexibility index (Phi) is 2.96. The molecule has 0 aromatic carbocycles. The summed E-state index contributed by atoms with van der Waals surface area (Å²) in [6, 6.07) is -0.00715. The van der Waals surface area contributed by atoms with E-state index >= 15 is 0 Å². The first-order valence-electron chi connectivity index (χ1n) is 5.28. The molecule has 0 spiro atoms. The molecular formula is C9H14ClN3O2S. The average Bonchev–Trinajstić information content (AvgIpc) is 2.80. The minimum atomic E-state index is -3.81. The normalized spacial score (nSPS) is 17.0. The van der Waals surface area contributed by atoms with Crippen LogP contribution in [0.5, 0.6) is 0 Å². The highest BCUT2D eigenvalue weighted by Crippen LogP contribution is 2.33. The Bertz CT molecular complexity index is 491. The van der Waals surface area contributed by atoms with Gasteiger partial charge in [0.05, 0.1) is 0 Å². The smallest absolute Gasteiger partial charge is 0.296 e. The van der Waals surface area contributed by atoms with E-state index in [1.54, 1.807) is 4.57 Å². The summed E-state index contributed by atoms with van der Waals surface area (Å²) >= 11 is 0. The Morgan fingerprint density at radius 3 is 2.50 bits per heavy atom. The maximum atomic E-state index is 11.3. The third-order valence-corrected chi connectivity index (χ3v) is 3.77. The van der Waals surface area contributed by atoms with Gasteiger partial charge in [0, 0.05) is 23.1 Å². The van der Waals surface area contributed by atoms with E-state index in [4.69, 9.17) is 10.7 Å². The monoisotopic (exact) mass is 263 g/mol. The maximum Gasteiger partial charge on any atom is 0.296 e. The lowest BCUT2D eigenvalue weighted by atomic mass is 10.2. The molecule has 16 heavy (non-hydrogen) atoms. The predicted molar refractivity (Wildman–Crippen MR) is 59.9 cm³/mol. The molecule has 1 aliphatic rings. The minimum Gasteiger partial charge on any atom is -0.298 e. The summed E-state index contributed by atoms with van der Waals surface area (Å²) in [7, 11) is 1.51. The third kappa shape index (κ3) is 2.38. The Morgan fingerprint density at radius 1 is 1.44 bits per heavy atom. The Balaban J connectivity index is 2.42. The van der Waals surface area contributed by atoms with Gasteiger partial charge in [-0.25, -0.2) is 8.42 Å². The summed E-state index contributed by atoms with van der Waals surface area (Å²) in [6.07, 6.45) is 3.17. The second-order valence-corrected chi connectivity index (χ2v) is 6.91. The van der Waals surface area contributed by atoms with E-state index < -0.39 is 9.05 Å². The van der Waals surface area contributed by atoms with Crippen molar-refractivity contribution >= 4 is 19.7 Å². The first-order chi connectivity index (χ1) is 7.39. The molecular weight excluding hydrogens is 250 g/mol. The van der Waals surface area contributed by atoms with Crippen molar-refractivity contribution in [2.75, 3.05) is 0 Å². The number of nitrogens with zero attached hydrogens (tertiary/aromatic N) is 3.